The van der Waals surface area contributed by atoms with Crippen LogP contribution in [0, 0.1) is 6.92 Å². The highest BCUT2D eigenvalue weighted by Gasteiger charge is 2.18. The number of fused-ring (bicyclic) bond motifs is 1. The van der Waals surface area contributed by atoms with Gasteiger partial charge in [0.05, 0.1) is 18.9 Å². The summed E-state index contributed by atoms with van der Waals surface area (Å²) in [5.74, 6) is 0.733. The first-order valence-corrected chi connectivity index (χ1v) is 7.86. The first-order valence-electron chi connectivity index (χ1n) is 7.48. The molecule has 1 aromatic carbocycles. The predicted molar refractivity (Wildman–Crippen MR) is 90.3 cm³/mol. The minimum atomic E-state index is 0.623. The number of H-pyrrole nitrogens is 1. The highest BCUT2D eigenvalue weighted by atomic mass is 35.5. The standard InChI is InChI=1S/C17H15ClN4O/c1-10-19-14(12-6-8-23-9-7-12)17-16(20-10)15(21-22-17)11-2-4-13(18)5-3-11/h2-6H,7-9H2,1H3,(H,21,22). The first kappa shape index (κ1) is 14.4. The summed E-state index contributed by atoms with van der Waals surface area (Å²) in [6.07, 6.45) is 2.92. The molecule has 3 aromatic rings. The molecule has 1 N–H and O–H groups in total. The van der Waals surface area contributed by atoms with Gasteiger partial charge in [0.1, 0.15) is 22.6 Å². The van der Waals surface area contributed by atoms with Crippen molar-refractivity contribution in [1.82, 2.24) is 20.2 Å². The topological polar surface area (TPSA) is 63.7 Å². The second-order valence-electron chi connectivity index (χ2n) is 5.48. The van der Waals surface area contributed by atoms with Crippen molar-refractivity contribution in [1.29, 1.82) is 0 Å². The van der Waals surface area contributed by atoms with Gasteiger partial charge >= 0.3 is 0 Å². The molecule has 2 aromatic heterocycles. The monoisotopic (exact) mass is 326 g/mol. The molecule has 0 bridgehead atoms. The lowest BCUT2D eigenvalue weighted by Crippen LogP contribution is -2.06. The van der Waals surface area contributed by atoms with E-state index < -0.39 is 0 Å². The van der Waals surface area contributed by atoms with Crippen LogP contribution in [0.3, 0.4) is 0 Å². The number of aromatic amines is 1. The molecule has 6 heteroatoms. The summed E-state index contributed by atoms with van der Waals surface area (Å²) < 4.78 is 5.39. The largest absolute Gasteiger partial charge is 0.377 e. The van der Waals surface area contributed by atoms with Crippen LogP contribution < -0.4 is 0 Å². The van der Waals surface area contributed by atoms with Crippen LogP contribution in [0.4, 0.5) is 0 Å². The molecule has 5 nitrogen and oxygen atoms in total. The van der Waals surface area contributed by atoms with E-state index in [2.05, 4.69) is 26.2 Å². The molecule has 116 valence electrons. The summed E-state index contributed by atoms with van der Waals surface area (Å²) in [6.45, 7) is 3.24. The van der Waals surface area contributed by atoms with Crippen LogP contribution in [-0.2, 0) is 4.74 Å². The lowest BCUT2D eigenvalue weighted by atomic mass is 10.0. The van der Waals surface area contributed by atoms with E-state index in [1.165, 1.54) is 5.57 Å². The lowest BCUT2D eigenvalue weighted by molar-refractivity contribution is 0.161. The molecule has 23 heavy (non-hydrogen) atoms. The molecule has 0 fully saturated rings. The van der Waals surface area contributed by atoms with E-state index >= 15 is 0 Å². The summed E-state index contributed by atoms with van der Waals surface area (Å²) >= 11 is 5.97. The summed E-state index contributed by atoms with van der Waals surface area (Å²) in [7, 11) is 0. The Morgan fingerprint density at radius 2 is 1.96 bits per heavy atom. The molecule has 4 rings (SSSR count). The van der Waals surface area contributed by atoms with Crippen LogP contribution in [0.15, 0.2) is 30.3 Å². The minimum Gasteiger partial charge on any atom is -0.377 e. The van der Waals surface area contributed by atoms with Crippen molar-refractivity contribution in [2.75, 3.05) is 13.2 Å². The van der Waals surface area contributed by atoms with Crippen molar-refractivity contribution >= 4 is 28.2 Å². The van der Waals surface area contributed by atoms with Crippen LogP contribution >= 0.6 is 11.6 Å². The van der Waals surface area contributed by atoms with Crippen molar-refractivity contribution < 1.29 is 4.74 Å². The van der Waals surface area contributed by atoms with Crippen molar-refractivity contribution in [3.05, 3.63) is 46.9 Å². The van der Waals surface area contributed by atoms with E-state index in [1.54, 1.807) is 0 Å². The molecule has 3 heterocycles. The van der Waals surface area contributed by atoms with Gasteiger partial charge in [-0.15, -0.1) is 0 Å². The number of hydrogen-bond donors (Lipinski definition) is 1. The number of aryl methyl sites for hydroxylation is 1. The fourth-order valence-electron chi connectivity index (χ4n) is 2.80. The molecule has 0 spiro atoms. The maximum Gasteiger partial charge on any atom is 0.126 e. The Bertz CT molecular complexity index is 899. The van der Waals surface area contributed by atoms with Gasteiger partial charge in [0.25, 0.3) is 0 Å². The van der Waals surface area contributed by atoms with E-state index in [0.717, 1.165) is 40.2 Å². The van der Waals surface area contributed by atoms with Crippen LogP contribution in [-0.4, -0.2) is 33.4 Å². The number of rotatable bonds is 2. The van der Waals surface area contributed by atoms with Gasteiger partial charge < -0.3 is 4.74 Å². The number of benzene rings is 1. The van der Waals surface area contributed by atoms with Gasteiger partial charge in [-0.05, 0) is 31.1 Å². The van der Waals surface area contributed by atoms with Gasteiger partial charge in [-0.25, -0.2) is 9.97 Å². The maximum atomic E-state index is 5.97. The molecule has 0 saturated carbocycles. The molecule has 0 unspecified atom stereocenters. The number of halogens is 1. The van der Waals surface area contributed by atoms with Crippen molar-refractivity contribution in [3.8, 4) is 11.3 Å². The first-order chi connectivity index (χ1) is 11.2. The van der Waals surface area contributed by atoms with Crippen LogP contribution in [0.1, 0.15) is 17.9 Å². The summed E-state index contributed by atoms with van der Waals surface area (Å²) in [5, 5.41) is 8.27. The van der Waals surface area contributed by atoms with Gasteiger partial charge in [0, 0.05) is 10.6 Å². The molecular weight excluding hydrogens is 312 g/mol. The van der Waals surface area contributed by atoms with Crippen molar-refractivity contribution in [2.45, 2.75) is 13.3 Å². The number of nitrogens with one attached hydrogen (secondary N) is 1. The van der Waals surface area contributed by atoms with Crippen molar-refractivity contribution in [2.24, 2.45) is 0 Å². The Balaban J connectivity index is 1.91. The molecule has 0 atom stereocenters. The Morgan fingerprint density at radius 1 is 1.13 bits per heavy atom. The number of hydrogen-bond acceptors (Lipinski definition) is 4. The number of nitrogens with zero attached hydrogens (tertiary/aromatic N) is 3. The number of ether oxygens (including phenoxy) is 1. The third kappa shape index (κ3) is 2.62. The number of aromatic nitrogens is 4. The average Bonchev–Trinajstić information content (AvgIpc) is 2.99. The Hall–Kier alpha value is -2.24. The highest BCUT2D eigenvalue weighted by molar-refractivity contribution is 6.30. The molecule has 0 aliphatic carbocycles. The maximum absolute atomic E-state index is 5.97. The minimum absolute atomic E-state index is 0.623. The smallest absolute Gasteiger partial charge is 0.126 e. The Morgan fingerprint density at radius 3 is 2.70 bits per heavy atom. The van der Waals surface area contributed by atoms with Gasteiger partial charge in [-0.2, -0.15) is 5.10 Å². The third-order valence-corrected chi connectivity index (χ3v) is 4.16. The van der Waals surface area contributed by atoms with E-state index in [0.29, 0.717) is 18.2 Å². The van der Waals surface area contributed by atoms with E-state index in [1.807, 2.05) is 31.2 Å². The zero-order chi connectivity index (χ0) is 15.8. The molecule has 0 saturated heterocycles. The second-order valence-corrected chi connectivity index (χ2v) is 5.91. The normalized spacial score (nSPS) is 15.0. The molecule has 1 aliphatic heterocycles. The predicted octanol–water partition coefficient (Wildman–Crippen LogP) is 3.79. The second kappa shape index (κ2) is 5.76. The molecule has 0 radical (unpaired) electrons. The van der Waals surface area contributed by atoms with E-state index in [9.17, 15) is 0 Å². The zero-order valence-corrected chi connectivity index (χ0v) is 13.4. The quantitative estimate of drug-likeness (QED) is 0.778. The van der Waals surface area contributed by atoms with Gasteiger partial charge in [0.15, 0.2) is 0 Å². The molecule has 1 aliphatic rings. The SMILES string of the molecule is Cc1nc(C2=CCOCC2)c2[nH]nc(-c3ccc(Cl)cc3)c2n1. The summed E-state index contributed by atoms with van der Waals surface area (Å²) in [4.78, 5) is 9.21. The van der Waals surface area contributed by atoms with Gasteiger partial charge in [-0.3, -0.25) is 5.10 Å². The van der Waals surface area contributed by atoms with Gasteiger partial charge in [-0.1, -0.05) is 29.8 Å². The average molecular weight is 327 g/mol. The summed E-state index contributed by atoms with van der Waals surface area (Å²) in [5.41, 5.74) is 5.60. The van der Waals surface area contributed by atoms with Crippen molar-refractivity contribution in [3.63, 3.8) is 0 Å². The zero-order valence-electron chi connectivity index (χ0n) is 12.6. The Kier molecular flexibility index (Phi) is 3.59. The molecular formula is C17H15ClN4O. The van der Waals surface area contributed by atoms with Crippen LogP contribution in [0.25, 0.3) is 27.9 Å². The highest BCUT2D eigenvalue weighted by Crippen LogP contribution is 2.31. The lowest BCUT2D eigenvalue weighted by Gasteiger charge is -2.13. The van der Waals surface area contributed by atoms with E-state index in [-0.39, 0.29) is 0 Å². The van der Waals surface area contributed by atoms with E-state index in [4.69, 9.17) is 16.3 Å². The van der Waals surface area contributed by atoms with Gasteiger partial charge in [0.2, 0.25) is 0 Å². The fraction of sp³-hybridized carbons (Fsp3) is 0.235. The molecule has 0 amide bonds. The Labute approximate surface area is 138 Å². The third-order valence-electron chi connectivity index (χ3n) is 3.91. The van der Waals surface area contributed by atoms with Crippen LogP contribution in [0.2, 0.25) is 5.02 Å². The fourth-order valence-corrected chi connectivity index (χ4v) is 2.92. The van der Waals surface area contributed by atoms with Crippen LogP contribution in [0.5, 0.6) is 0 Å². The summed E-state index contributed by atoms with van der Waals surface area (Å²) in [6, 6.07) is 7.60.